The fraction of sp³-hybridized carbons (Fsp3) is 0.200. The van der Waals surface area contributed by atoms with Gasteiger partial charge in [0, 0.05) is 40.9 Å². The Morgan fingerprint density at radius 3 is 2.23 bits per heavy atom. The molecule has 4 aromatic rings. The predicted octanol–water partition coefficient (Wildman–Crippen LogP) is 7.24. The SMILES string of the molecule is Cc1nc2cc(F)c(-c3cnc(P(C)(C)=O)c(F)c3)cc2c(NC(C)c2cc(F)cc(F)c2)c1Cl. The standard InChI is InChI=1S/C25H21ClF4N3OP/c1-12(14-5-16(27)8-17(28)6-14)33-24-19-9-18(20(29)10-22(19)32-13(2)23(24)26)15-7-21(30)25(31-11-15)35(3,4)34/h5-12H,1-4H3,(H,32,33). The first kappa shape index (κ1) is 25.1. The summed E-state index contributed by atoms with van der Waals surface area (Å²) in [4.78, 5) is 8.32. The van der Waals surface area contributed by atoms with Gasteiger partial charge >= 0.3 is 0 Å². The van der Waals surface area contributed by atoms with E-state index < -0.39 is 36.5 Å². The molecule has 0 aliphatic carbocycles. The summed E-state index contributed by atoms with van der Waals surface area (Å²) in [6, 6.07) is 6.34. The lowest BCUT2D eigenvalue weighted by Gasteiger charge is -2.20. The van der Waals surface area contributed by atoms with Crippen molar-refractivity contribution in [3.8, 4) is 11.1 Å². The maximum atomic E-state index is 15.1. The largest absolute Gasteiger partial charge is 0.377 e. The zero-order valence-electron chi connectivity index (χ0n) is 19.3. The number of nitrogens with zero attached hydrogens (tertiary/aromatic N) is 2. The van der Waals surface area contributed by atoms with Crippen molar-refractivity contribution in [2.45, 2.75) is 19.9 Å². The first-order valence-electron chi connectivity index (χ1n) is 10.6. The van der Waals surface area contributed by atoms with Gasteiger partial charge < -0.3 is 9.88 Å². The zero-order chi connectivity index (χ0) is 25.7. The van der Waals surface area contributed by atoms with Gasteiger partial charge in [0.1, 0.15) is 30.0 Å². The van der Waals surface area contributed by atoms with Gasteiger partial charge in [-0.05, 0) is 57.0 Å². The molecule has 0 bridgehead atoms. The van der Waals surface area contributed by atoms with E-state index in [4.69, 9.17) is 11.6 Å². The van der Waals surface area contributed by atoms with Gasteiger partial charge in [0.2, 0.25) is 0 Å². The lowest BCUT2D eigenvalue weighted by Crippen LogP contribution is -2.13. The van der Waals surface area contributed by atoms with Crippen molar-refractivity contribution in [2.24, 2.45) is 0 Å². The van der Waals surface area contributed by atoms with Crippen LogP contribution in [0, 0.1) is 30.2 Å². The number of benzene rings is 2. The van der Waals surface area contributed by atoms with Crippen LogP contribution < -0.4 is 10.8 Å². The van der Waals surface area contributed by atoms with E-state index in [1.54, 1.807) is 13.8 Å². The zero-order valence-corrected chi connectivity index (χ0v) is 20.9. The van der Waals surface area contributed by atoms with Gasteiger partial charge in [0.25, 0.3) is 0 Å². The van der Waals surface area contributed by atoms with Crippen molar-refractivity contribution in [3.63, 3.8) is 0 Å². The summed E-state index contributed by atoms with van der Waals surface area (Å²) in [7, 11) is -2.96. The number of aromatic nitrogens is 2. The Morgan fingerprint density at radius 1 is 0.971 bits per heavy atom. The Hall–Kier alpha value is -2.96. The number of hydrogen-bond acceptors (Lipinski definition) is 4. The molecule has 0 saturated carbocycles. The Kier molecular flexibility index (Phi) is 6.64. The van der Waals surface area contributed by atoms with E-state index in [-0.39, 0.29) is 27.1 Å². The molecule has 182 valence electrons. The summed E-state index contributed by atoms with van der Waals surface area (Å²) in [5.74, 6) is -2.90. The summed E-state index contributed by atoms with van der Waals surface area (Å²) in [5, 5.41) is 3.81. The maximum Gasteiger partial charge on any atom is 0.153 e. The van der Waals surface area contributed by atoms with Gasteiger partial charge in [-0.25, -0.2) is 22.5 Å². The van der Waals surface area contributed by atoms with Crippen molar-refractivity contribution in [1.29, 1.82) is 0 Å². The molecular weight excluding hydrogens is 501 g/mol. The number of fused-ring (bicyclic) bond motifs is 1. The smallest absolute Gasteiger partial charge is 0.153 e. The summed E-state index contributed by atoms with van der Waals surface area (Å²) >= 11 is 6.53. The molecule has 4 nitrogen and oxygen atoms in total. The van der Waals surface area contributed by atoms with Crippen LogP contribution in [-0.2, 0) is 4.57 Å². The van der Waals surface area contributed by atoms with Gasteiger partial charge in [0.15, 0.2) is 5.82 Å². The van der Waals surface area contributed by atoms with E-state index >= 15 is 4.39 Å². The Balaban J connectivity index is 1.86. The van der Waals surface area contributed by atoms with Crippen LogP contribution in [0.3, 0.4) is 0 Å². The second-order valence-electron chi connectivity index (χ2n) is 8.68. The Morgan fingerprint density at radius 2 is 1.63 bits per heavy atom. The molecule has 2 aromatic carbocycles. The van der Waals surface area contributed by atoms with E-state index in [2.05, 4.69) is 15.3 Å². The molecule has 35 heavy (non-hydrogen) atoms. The number of nitrogens with one attached hydrogen (secondary N) is 1. The van der Waals surface area contributed by atoms with Crippen LogP contribution in [-0.4, -0.2) is 23.3 Å². The number of rotatable bonds is 5. The second kappa shape index (κ2) is 9.25. The molecule has 0 spiro atoms. The number of halogens is 5. The maximum absolute atomic E-state index is 15.1. The monoisotopic (exact) mass is 521 g/mol. The van der Waals surface area contributed by atoms with Gasteiger partial charge in [-0.15, -0.1) is 0 Å². The second-order valence-corrected chi connectivity index (χ2v) is 12.2. The number of hydrogen-bond donors (Lipinski definition) is 1. The normalized spacial score (nSPS) is 12.7. The van der Waals surface area contributed by atoms with E-state index in [1.807, 2.05) is 0 Å². The number of aryl methyl sites for hydroxylation is 1. The third-order valence-electron chi connectivity index (χ3n) is 5.57. The quantitative estimate of drug-likeness (QED) is 0.222. The van der Waals surface area contributed by atoms with Gasteiger partial charge in [0.05, 0.1) is 21.9 Å². The predicted molar refractivity (Wildman–Crippen MR) is 132 cm³/mol. The van der Waals surface area contributed by atoms with E-state index in [1.165, 1.54) is 43.8 Å². The molecule has 0 aliphatic heterocycles. The third-order valence-corrected chi connectivity index (χ3v) is 7.38. The van der Waals surface area contributed by atoms with Crippen molar-refractivity contribution in [2.75, 3.05) is 18.6 Å². The van der Waals surface area contributed by atoms with Crippen LogP contribution in [0.15, 0.2) is 42.6 Å². The molecule has 1 atom stereocenters. The van der Waals surface area contributed by atoms with E-state index in [9.17, 15) is 17.7 Å². The first-order valence-corrected chi connectivity index (χ1v) is 13.6. The molecule has 0 radical (unpaired) electrons. The highest BCUT2D eigenvalue weighted by Crippen LogP contribution is 2.39. The minimum absolute atomic E-state index is 0.0340. The average molecular weight is 522 g/mol. The summed E-state index contributed by atoms with van der Waals surface area (Å²) in [6.45, 7) is 6.14. The Bertz CT molecular complexity index is 1500. The van der Waals surface area contributed by atoms with Crippen LogP contribution in [0.25, 0.3) is 22.0 Å². The molecule has 0 aliphatic rings. The van der Waals surface area contributed by atoms with Crippen molar-refractivity contribution in [1.82, 2.24) is 9.97 Å². The van der Waals surface area contributed by atoms with Crippen LogP contribution in [0.1, 0.15) is 24.2 Å². The fourth-order valence-electron chi connectivity index (χ4n) is 3.85. The molecule has 1 N–H and O–H groups in total. The molecule has 0 fully saturated rings. The van der Waals surface area contributed by atoms with Gasteiger partial charge in [-0.2, -0.15) is 0 Å². The fourth-order valence-corrected chi connectivity index (χ4v) is 4.96. The molecule has 0 amide bonds. The van der Waals surface area contributed by atoms with Crippen molar-refractivity contribution >= 4 is 40.8 Å². The summed E-state index contributed by atoms with van der Waals surface area (Å²) in [5.41, 5.74) is 1.43. The van der Waals surface area contributed by atoms with Gasteiger partial charge in [-0.3, -0.25) is 4.98 Å². The molecule has 2 heterocycles. The van der Waals surface area contributed by atoms with E-state index in [0.717, 1.165) is 12.1 Å². The molecule has 4 rings (SSSR count). The number of anilines is 1. The molecule has 0 saturated heterocycles. The van der Waals surface area contributed by atoms with Crippen molar-refractivity contribution < 1.29 is 22.1 Å². The highest BCUT2D eigenvalue weighted by Gasteiger charge is 2.22. The van der Waals surface area contributed by atoms with E-state index in [0.29, 0.717) is 22.3 Å². The molecular formula is C25H21ClF4N3OP. The lowest BCUT2D eigenvalue weighted by atomic mass is 10.0. The third kappa shape index (κ3) is 5.04. The lowest BCUT2D eigenvalue weighted by molar-refractivity contribution is 0.577. The Labute approximate surface area is 204 Å². The highest BCUT2D eigenvalue weighted by molar-refractivity contribution is 7.69. The number of pyridine rings is 2. The molecule has 10 heteroatoms. The minimum Gasteiger partial charge on any atom is -0.377 e. The van der Waals surface area contributed by atoms with Crippen LogP contribution in [0.5, 0.6) is 0 Å². The highest BCUT2D eigenvalue weighted by atomic mass is 35.5. The topological polar surface area (TPSA) is 54.9 Å². The summed E-state index contributed by atoms with van der Waals surface area (Å²) in [6.07, 6.45) is 1.26. The van der Waals surface area contributed by atoms with Gasteiger partial charge in [-0.1, -0.05) is 11.6 Å². The minimum atomic E-state index is -2.96. The van der Waals surface area contributed by atoms with Crippen molar-refractivity contribution in [3.05, 3.63) is 82.1 Å². The molecule has 2 aromatic heterocycles. The molecule has 1 unspecified atom stereocenters. The van der Waals surface area contributed by atoms with Crippen LogP contribution in [0.2, 0.25) is 5.02 Å². The summed E-state index contributed by atoms with van der Waals surface area (Å²) < 4.78 is 69.4. The average Bonchev–Trinajstić information content (AvgIpc) is 2.75. The first-order chi connectivity index (χ1) is 16.3. The van der Waals surface area contributed by atoms with Crippen LogP contribution in [0.4, 0.5) is 23.2 Å². The van der Waals surface area contributed by atoms with Crippen LogP contribution >= 0.6 is 18.7 Å².